The number of rotatable bonds is 7. The van der Waals surface area contributed by atoms with E-state index in [0.717, 1.165) is 5.69 Å². The number of nitrogens with zero attached hydrogens (tertiary/aromatic N) is 1. The molecule has 2 atom stereocenters. The van der Waals surface area contributed by atoms with Crippen LogP contribution in [0, 0.1) is 5.92 Å². The van der Waals surface area contributed by atoms with Gasteiger partial charge >= 0.3 is 0 Å². The molecule has 2 aromatic rings. The SMILES string of the molecule is CCC(CC)C(C)NC(c1ccccc1)c1ccccn1. The van der Waals surface area contributed by atoms with Crippen molar-refractivity contribution >= 4 is 0 Å². The van der Waals surface area contributed by atoms with Crippen LogP contribution in [-0.4, -0.2) is 11.0 Å². The van der Waals surface area contributed by atoms with Crippen LogP contribution in [0.1, 0.15) is 50.9 Å². The summed E-state index contributed by atoms with van der Waals surface area (Å²) >= 11 is 0. The van der Waals surface area contributed by atoms with Crippen LogP contribution in [0.4, 0.5) is 0 Å². The highest BCUT2D eigenvalue weighted by molar-refractivity contribution is 5.27. The van der Waals surface area contributed by atoms with E-state index in [1.165, 1.54) is 18.4 Å². The van der Waals surface area contributed by atoms with Crippen LogP contribution < -0.4 is 5.32 Å². The van der Waals surface area contributed by atoms with Gasteiger partial charge in [0.1, 0.15) is 0 Å². The zero-order chi connectivity index (χ0) is 15.1. The standard InChI is InChI=1S/C19H26N2/c1-4-16(5-2)15(3)21-19(17-11-7-6-8-12-17)18-13-9-10-14-20-18/h6-16,19,21H,4-5H2,1-3H3. The minimum Gasteiger partial charge on any atom is -0.302 e. The van der Waals surface area contributed by atoms with Gasteiger partial charge in [-0.15, -0.1) is 0 Å². The van der Waals surface area contributed by atoms with Crippen molar-refractivity contribution in [3.05, 3.63) is 66.0 Å². The average Bonchev–Trinajstić information content (AvgIpc) is 2.55. The van der Waals surface area contributed by atoms with E-state index in [2.05, 4.69) is 73.5 Å². The third-order valence-corrected chi connectivity index (χ3v) is 4.30. The quantitative estimate of drug-likeness (QED) is 0.803. The third-order valence-electron chi connectivity index (χ3n) is 4.30. The summed E-state index contributed by atoms with van der Waals surface area (Å²) in [5.41, 5.74) is 2.36. The zero-order valence-corrected chi connectivity index (χ0v) is 13.3. The van der Waals surface area contributed by atoms with E-state index in [-0.39, 0.29) is 6.04 Å². The molecule has 0 bridgehead atoms. The Balaban J connectivity index is 2.25. The molecule has 0 aliphatic heterocycles. The van der Waals surface area contributed by atoms with Crippen molar-refractivity contribution in [2.45, 2.75) is 45.7 Å². The van der Waals surface area contributed by atoms with E-state index < -0.39 is 0 Å². The normalized spacial score (nSPS) is 14.1. The molecule has 0 saturated heterocycles. The first-order valence-electron chi connectivity index (χ1n) is 7.98. The minimum atomic E-state index is 0.156. The third kappa shape index (κ3) is 4.15. The van der Waals surface area contributed by atoms with Gasteiger partial charge in [-0.3, -0.25) is 4.98 Å². The monoisotopic (exact) mass is 282 g/mol. The van der Waals surface area contributed by atoms with E-state index >= 15 is 0 Å². The lowest BCUT2D eigenvalue weighted by Gasteiger charge is -2.28. The Labute approximate surface area is 128 Å². The molecular weight excluding hydrogens is 256 g/mol. The molecule has 2 heteroatoms. The molecule has 0 saturated carbocycles. The predicted molar refractivity (Wildman–Crippen MR) is 89.2 cm³/mol. The Hall–Kier alpha value is -1.67. The van der Waals surface area contributed by atoms with Gasteiger partial charge in [-0.1, -0.05) is 63.1 Å². The van der Waals surface area contributed by atoms with E-state index in [0.29, 0.717) is 12.0 Å². The predicted octanol–water partition coefficient (Wildman–Crippen LogP) is 4.59. The van der Waals surface area contributed by atoms with E-state index in [4.69, 9.17) is 0 Å². The summed E-state index contributed by atoms with van der Waals surface area (Å²) in [6.07, 6.45) is 4.28. The molecule has 2 unspecified atom stereocenters. The molecule has 1 N–H and O–H groups in total. The molecule has 0 aliphatic carbocycles. The highest BCUT2D eigenvalue weighted by Crippen LogP contribution is 2.23. The van der Waals surface area contributed by atoms with Gasteiger partial charge in [0.15, 0.2) is 0 Å². The molecule has 0 spiro atoms. The molecule has 0 aliphatic rings. The van der Waals surface area contributed by atoms with Crippen LogP contribution in [0.2, 0.25) is 0 Å². The summed E-state index contributed by atoms with van der Waals surface area (Å²) in [4.78, 5) is 4.56. The van der Waals surface area contributed by atoms with Gasteiger partial charge in [0.2, 0.25) is 0 Å². The number of pyridine rings is 1. The van der Waals surface area contributed by atoms with Gasteiger partial charge < -0.3 is 5.32 Å². The van der Waals surface area contributed by atoms with Crippen LogP contribution in [-0.2, 0) is 0 Å². The van der Waals surface area contributed by atoms with E-state index in [1.54, 1.807) is 0 Å². The second kappa shape index (κ2) is 7.94. The molecule has 1 aromatic carbocycles. The molecule has 0 fully saturated rings. The van der Waals surface area contributed by atoms with Crippen molar-refractivity contribution in [3.63, 3.8) is 0 Å². The molecular formula is C19H26N2. The van der Waals surface area contributed by atoms with Crippen LogP contribution in [0.5, 0.6) is 0 Å². The average molecular weight is 282 g/mol. The fourth-order valence-electron chi connectivity index (χ4n) is 2.94. The van der Waals surface area contributed by atoms with Crippen molar-refractivity contribution in [3.8, 4) is 0 Å². The highest BCUT2D eigenvalue weighted by Gasteiger charge is 2.21. The van der Waals surface area contributed by atoms with Gasteiger partial charge in [0.25, 0.3) is 0 Å². The number of hydrogen-bond donors (Lipinski definition) is 1. The van der Waals surface area contributed by atoms with Crippen molar-refractivity contribution < 1.29 is 0 Å². The molecule has 21 heavy (non-hydrogen) atoms. The molecule has 2 rings (SSSR count). The van der Waals surface area contributed by atoms with E-state index in [1.807, 2.05) is 12.3 Å². The second-order valence-corrected chi connectivity index (χ2v) is 5.63. The first-order chi connectivity index (χ1) is 10.3. The maximum atomic E-state index is 4.56. The van der Waals surface area contributed by atoms with Crippen LogP contribution in [0.15, 0.2) is 54.7 Å². The smallest absolute Gasteiger partial charge is 0.0753 e. The van der Waals surface area contributed by atoms with Crippen molar-refractivity contribution in [1.82, 2.24) is 10.3 Å². The summed E-state index contributed by atoms with van der Waals surface area (Å²) in [6.45, 7) is 6.83. The van der Waals surface area contributed by atoms with E-state index in [9.17, 15) is 0 Å². The molecule has 0 radical (unpaired) electrons. The van der Waals surface area contributed by atoms with Gasteiger partial charge in [-0.25, -0.2) is 0 Å². The first kappa shape index (κ1) is 15.7. The van der Waals surface area contributed by atoms with Gasteiger partial charge in [-0.05, 0) is 30.5 Å². The molecule has 112 valence electrons. The molecule has 1 heterocycles. The Bertz CT molecular complexity index is 466. The highest BCUT2D eigenvalue weighted by atomic mass is 15.0. The summed E-state index contributed by atoms with van der Waals surface area (Å²) in [7, 11) is 0. The maximum Gasteiger partial charge on any atom is 0.0753 e. The van der Waals surface area contributed by atoms with Crippen molar-refractivity contribution in [2.75, 3.05) is 0 Å². The molecule has 0 amide bonds. The number of benzene rings is 1. The topological polar surface area (TPSA) is 24.9 Å². The van der Waals surface area contributed by atoms with Crippen molar-refractivity contribution in [2.24, 2.45) is 5.92 Å². The van der Waals surface area contributed by atoms with Crippen LogP contribution >= 0.6 is 0 Å². The maximum absolute atomic E-state index is 4.56. The Morgan fingerprint density at radius 3 is 2.19 bits per heavy atom. The summed E-state index contributed by atoms with van der Waals surface area (Å²) in [6, 6.07) is 17.3. The Kier molecular flexibility index (Phi) is 5.94. The largest absolute Gasteiger partial charge is 0.302 e. The number of nitrogens with one attached hydrogen (secondary N) is 1. The summed E-state index contributed by atoms with van der Waals surface area (Å²) < 4.78 is 0. The lowest BCUT2D eigenvalue weighted by Crippen LogP contribution is -2.37. The zero-order valence-electron chi connectivity index (χ0n) is 13.3. The van der Waals surface area contributed by atoms with Gasteiger partial charge in [0.05, 0.1) is 11.7 Å². The molecule has 1 aromatic heterocycles. The fraction of sp³-hybridized carbons (Fsp3) is 0.421. The summed E-state index contributed by atoms with van der Waals surface area (Å²) in [5.74, 6) is 0.694. The van der Waals surface area contributed by atoms with Gasteiger partial charge in [0, 0.05) is 12.2 Å². The Morgan fingerprint density at radius 2 is 1.62 bits per heavy atom. The van der Waals surface area contributed by atoms with Gasteiger partial charge in [-0.2, -0.15) is 0 Å². The lowest BCUT2D eigenvalue weighted by atomic mass is 9.93. The lowest BCUT2D eigenvalue weighted by molar-refractivity contribution is 0.335. The number of hydrogen-bond acceptors (Lipinski definition) is 2. The summed E-state index contributed by atoms with van der Waals surface area (Å²) in [5, 5.41) is 3.79. The fourth-order valence-corrected chi connectivity index (χ4v) is 2.94. The van der Waals surface area contributed by atoms with Crippen LogP contribution in [0.3, 0.4) is 0 Å². The molecule has 2 nitrogen and oxygen atoms in total. The van der Waals surface area contributed by atoms with Crippen LogP contribution in [0.25, 0.3) is 0 Å². The minimum absolute atomic E-state index is 0.156. The second-order valence-electron chi connectivity index (χ2n) is 5.63. The van der Waals surface area contributed by atoms with Crippen molar-refractivity contribution in [1.29, 1.82) is 0 Å². The number of aromatic nitrogens is 1. The Morgan fingerprint density at radius 1 is 0.952 bits per heavy atom. The first-order valence-corrected chi connectivity index (χ1v) is 7.98.